The van der Waals surface area contributed by atoms with Crippen LogP contribution in [0, 0.1) is 0 Å². The van der Waals surface area contributed by atoms with E-state index >= 15 is 0 Å². The molecule has 1 heterocycles. The molecule has 29 heavy (non-hydrogen) atoms. The number of ketones is 1. The number of allylic oxidation sites excluding steroid dienone is 3. The van der Waals surface area contributed by atoms with E-state index in [1.54, 1.807) is 6.20 Å². The summed E-state index contributed by atoms with van der Waals surface area (Å²) in [7, 11) is 0. The van der Waals surface area contributed by atoms with Gasteiger partial charge < -0.3 is 15.1 Å². The second-order valence-corrected chi connectivity index (χ2v) is 7.14. The van der Waals surface area contributed by atoms with E-state index in [0.717, 1.165) is 22.9 Å². The number of hydrogen-bond donors (Lipinski definition) is 1. The number of carbonyl (C=O) groups is 2. The van der Waals surface area contributed by atoms with Gasteiger partial charge >= 0.3 is 0 Å². The zero-order chi connectivity index (χ0) is 21.4. The van der Waals surface area contributed by atoms with Crippen molar-refractivity contribution in [3.8, 4) is 0 Å². The Morgan fingerprint density at radius 2 is 1.59 bits per heavy atom. The fourth-order valence-corrected chi connectivity index (χ4v) is 2.94. The van der Waals surface area contributed by atoms with Crippen LogP contribution in [0.25, 0.3) is 5.70 Å². The third-order valence-electron chi connectivity index (χ3n) is 4.48. The number of rotatable bonds is 7. The van der Waals surface area contributed by atoms with E-state index in [0.29, 0.717) is 26.2 Å². The first-order valence-electron chi connectivity index (χ1n) is 9.56. The lowest BCUT2D eigenvalue weighted by Gasteiger charge is -2.36. The molecule has 6 heteroatoms. The standard InChI is InChI=1S/C23H28FN3O2/c1-17(2)15-25-16-21(14-18(3)24)22(28)23(29)27-12-10-26(11-13-27)19(4)20-8-6-5-7-9-20/h5-9,14-16,25H,4,10-13H2,1-3H3/b18-14-,21-16+. The van der Waals surface area contributed by atoms with Crippen LogP contribution in [0.3, 0.4) is 0 Å². The third-order valence-corrected chi connectivity index (χ3v) is 4.48. The number of carbonyl (C=O) groups excluding carboxylic acids is 2. The Bertz CT molecular complexity index is 840. The molecule has 1 amide bonds. The average molecular weight is 397 g/mol. The molecule has 0 unspecified atom stereocenters. The smallest absolute Gasteiger partial charge is 0.295 e. The van der Waals surface area contributed by atoms with Gasteiger partial charge in [-0.15, -0.1) is 0 Å². The van der Waals surface area contributed by atoms with Crippen molar-refractivity contribution in [1.82, 2.24) is 15.1 Å². The maximum absolute atomic E-state index is 13.4. The van der Waals surface area contributed by atoms with E-state index in [2.05, 4.69) is 16.8 Å². The molecular weight excluding hydrogens is 369 g/mol. The number of halogens is 1. The van der Waals surface area contributed by atoms with Crippen LogP contribution in [0.1, 0.15) is 26.3 Å². The molecular formula is C23H28FN3O2. The van der Waals surface area contributed by atoms with Gasteiger partial charge in [-0.1, -0.05) is 42.5 Å². The minimum Gasteiger partial charge on any atom is -0.368 e. The SMILES string of the molecule is C=C(c1ccccc1)N1CCN(C(=O)C(=O)C(/C=C(/C)F)=C/NC=C(C)C)CC1. The molecule has 0 aliphatic carbocycles. The van der Waals surface area contributed by atoms with Crippen molar-refractivity contribution < 1.29 is 14.0 Å². The van der Waals surface area contributed by atoms with E-state index in [1.807, 2.05) is 44.2 Å². The Hall–Kier alpha value is -3.15. The first-order valence-corrected chi connectivity index (χ1v) is 9.56. The molecule has 1 aliphatic rings. The van der Waals surface area contributed by atoms with E-state index in [9.17, 15) is 14.0 Å². The second kappa shape index (κ2) is 10.4. The maximum Gasteiger partial charge on any atom is 0.295 e. The van der Waals surface area contributed by atoms with E-state index in [4.69, 9.17) is 0 Å². The molecule has 154 valence electrons. The van der Waals surface area contributed by atoms with Crippen LogP contribution in [0.4, 0.5) is 4.39 Å². The summed E-state index contributed by atoms with van der Waals surface area (Å²) in [5.74, 6) is -1.90. The summed E-state index contributed by atoms with van der Waals surface area (Å²) in [6, 6.07) is 9.84. The minimum atomic E-state index is -0.730. The van der Waals surface area contributed by atoms with E-state index in [-0.39, 0.29) is 5.57 Å². The predicted octanol–water partition coefficient (Wildman–Crippen LogP) is 3.64. The monoisotopic (exact) mass is 397 g/mol. The fourth-order valence-electron chi connectivity index (χ4n) is 2.94. The van der Waals surface area contributed by atoms with Crippen molar-refractivity contribution in [2.45, 2.75) is 20.8 Å². The Morgan fingerprint density at radius 1 is 1.00 bits per heavy atom. The normalized spacial score (nSPS) is 15.0. The van der Waals surface area contributed by atoms with Crippen LogP contribution in [-0.2, 0) is 9.59 Å². The van der Waals surface area contributed by atoms with Crippen molar-refractivity contribution in [2.24, 2.45) is 0 Å². The van der Waals surface area contributed by atoms with Crippen molar-refractivity contribution >= 4 is 17.4 Å². The molecule has 5 nitrogen and oxygen atoms in total. The number of nitrogens with zero attached hydrogens (tertiary/aromatic N) is 2. The van der Waals surface area contributed by atoms with Crippen LogP contribution in [0.15, 0.2) is 72.4 Å². The van der Waals surface area contributed by atoms with Crippen molar-refractivity contribution in [3.63, 3.8) is 0 Å². The second-order valence-electron chi connectivity index (χ2n) is 7.14. The fraction of sp³-hybridized carbons (Fsp3) is 0.304. The van der Waals surface area contributed by atoms with Crippen LogP contribution >= 0.6 is 0 Å². The van der Waals surface area contributed by atoms with Crippen LogP contribution < -0.4 is 5.32 Å². The molecule has 1 fully saturated rings. The largest absolute Gasteiger partial charge is 0.368 e. The van der Waals surface area contributed by atoms with Gasteiger partial charge in [0.1, 0.15) is 0 Å². The molecule has 1 aromatic rings. The summed E-state index contributed by atoms with van der Waals surface area (Å²) in [5.41, 5.74) is 2.90. The topological polar surface area (TPSA) is 52.7 Å². The van der Waals surface area contributed by atoms with E-state index in [1.165, 1.54) is 18.0 Å². The molecule has 1 N–H and O–H groups in total. The van der Waals surface area contributed by atoms with Gasteiger partial charge in [-0.2, -0.15) is 0 Å². The van der Waals surface area contributed by atoms with Crippen LogP contribution in [0.2, 0.25) is 0 Å². The molecule has 0 radical (unpaired) electrons. The quantitative estimate of drug-likeness (QED) is 0.434. The molecule has 0 spiro atoms. The molecule has 2 rings (SSSR count). The van der Waals surface area contributed by atoms with Crippen molar-refractivity contribution in [3.05, 3.63) is 77.9 Å². The van der Waals surface area contributed by atoms with Gasteiger partial charge in [0.2, 0.25) is 0 Å². The summed E-state index contributed by atoms with van der Waals surface area (Å²) < 4.78 is 13.4. The summed E-state index contributed by atoms with van der Waals surface area (Å²) in [4.78, 5) is 28.9. The van der Waals surface area contributed by atoms with Crippen LogP contribution in [-0.4, -0.2) is 47.7 Å². The predicted molar refractivity (Wildman–Crippen MR) is 114 cm³/mol. The summed E-state index contributed by atoms with van der Waals surface area (Å²) in [5, 5.41) is 2.82. The number of hydrogen-bond acceptors (Lipinski definition) is 4. The molecule has 0 bridgehead atoms. The number of amides is 1. The highest BCUT2D eigenvalue weighted by Gasteiger charge is 2.28. The van der Waals surface area contributed by atoms with Gasteiger partial charge in [0.25, 0.3) is 11.7 Å². The van der Waals surface area contributed by atoms with Gasteiger partial charge in [0, 0.05) is 43.6 Å². The lowest BCUT2D eigenvalue weighted by molar-refractivity contribution is -0.143. The zero-order valence-electron chi connectivity index (χ0n) is 17.2. The van der Waals surface area contributed by atoms with Gasteiger partial charge in [-0.25, -0.2) is 4.39 Å². The Morgan fingerprint density at radius 3 is 2.14 bits per heavy atom. The minimum absolute atomic E-state index is 0.0105. The van der Waals surface area contributed by atoms with E-state index < -0.39 is 17.5 Å². The highest BCUT2D eigenvalue weighted by molar-refractivity contribution is 6.43. The molecule has 1 saturated heterocycles. The molecule has 0 saturated carbocycles. The summed E-state index contributed by atoms with van der Waals surface area (Å²) in [6.07, 6.45) is 4.09. The van der Waals surface area contributed by atoms with Crippen LogP contribution in [0.5, 0.6) is 0 Å². The summed E-state index contributed by atoms with van der Waals surface area (Å²) >= 11 is 0. The van der Waals surface area contributed by atoms with Crippen molar-refractivity contribution in [1.29, 1.82) is 0 Å². The first kappa shape index (κ1) is 22.1. The highest BCUT2D eigenvalue weighted by Crippen LogP contribution is 2.19. The zero-order valence-corrected chi connectivity index (χ0v) is 17.2. The van der Waals surface area contributed by atoms with Crippen molar-refractivity contribution in [2.75, 3.05) is 26.2 Å². The Labute approximate surface area is 171 Å². The van der Waals surface area contributed by atoms with Gasteiger partial charge in [0.15, 0.2) is 0 Å². The number of piperazine rings is 1. The third kappa shape index (κ3) is 6.45. The molecule has 0 aromatic heterocycles. The number of benzene rings is 1. The maximum atomic E-state index is 13.4. The lowest BCUT2D eigenvalue weighted by atomic mass is 10.1. The van der Waals surface area contributed by atoms with Gasteiger partial charge in [-0.05, 0) is 38.6 Å². The Balaban J connectivity index is 2.02. The number of Topliss-reactive ketones (excluding diaryl/α,β-unsaturated/α-hetero) is 1. The highest BCUT2D eigenvalue weighted by atomic mass is 19.1. The Kier molecular flexibility index (Phi) is 7.95. The summed E-state index contributed by atoms with van der Waals surface area (Å²) in [6.45, 7) is 11.1. The average Bonchev–Trinajstić information content (AvgIpc) is 2.71. The van der Waals surface area contributed by atoms with Gasteiger partial charge in [0.05, 0.1) is 5.83 Å². The van der Waals surface area contributed by atoms with Gasteiger partial charge in [-0.3, -0.25) is 9.59 Å². The molecule has 1 aliphatic heterocycles. The number of nitrogens with one attached hydrogen (secondary N) is 1. The molecule has 1 aromatic carbocycles. The molecule has 0 atom stereocenters. The first-order chi connectivity index (χ1) is 13.8. The lowest BCUT2D eigenvalue weighted by Crippen LogP contribution is -2.50.